The molecule has 1 saturated carbocycles. The van der Waals surface area contributed by atoms with E-state index >= 15 is 0 Å². The molecule has 0 radical (unpaired) electrons. The number of rotatable bonds is 2. The zero-order valence-electron chi connectivity index (χ0n) is 9.30. The second-order valence-electron chi connectivity index (χ2n) is 5.29. The summed E-state index contributed by atoms with van der Waals surface area (Å²) in [6.45, 7) is 4.80. The van der Waals surface area contributed by atoms with Gasteiger partial charge in [0.15, 0.2) is 0 Å². The van der Waals surface area contributed by atoms with Gasteiger partial charge < -0.3 is 10.6 Å². The van der Waals surface area contributed by atoms with Crippen LogP contribution in [0.25, 0.3) is 0 Å². The first kappa shape index (κ1) is 10.5. The molecule has 2 aliphatic rings. The van der Waals surface area contributed by atoms with E-state index in [-0.39, 0.29) is 23.1 Å². The van der Waals surface area contributed by atoms with Crippen LogP contribution in [0.15, 0.2) is 0 Å². The van der Waals surface area contributed by atoms with Gasteiger partial charge in [-0.3, -0.25) is 9.59 Å². The van der Waals surface area contributed by atoms with Crippen LogP contribution in [0.3, 0.4) is 0 Å². The molecule has 0 bridgehead atoms. The van der Waals surface area contributed by atoms with Crippen LogP contribution in [0.4, 0.5) is 0 Å². The molecule has 15 heavy (non-hydrogen) atoms. The van der Waals surface area contributed by atoms with Gasteiger partial charge in [0, 0.05) is 19.0 Å². The van der Waals surface area contributed by atoms with E-state index in [9.17, 15) is 9.59 Å². The van der Waals surface area contributed by atoms with Crippen molar-refractivity contribution in [1.82, 2.24) is 10.6 Å². The molecule has 84 valence electrons. The van der Waals surface area contributed by atoms with E-state index in [0.717, 1.165) is 6.42 Å². The van der Waals surface area contributed by atoms with Crippen molar-refractivity contribution in [2.75, 3.05) is 6.54 Å². The van der Waals surface area contributed by atoms with E-state index in [1.165, 1.54) is 0 Å². The Balaban J connectivity index is 1.79. The maximum absolute atomic E-state index is 11.8. The Morgan fingerprint density at radius 1 is 1.53 bits per heavy atom. The Labute approximate surface area is 89.8 Å². The second-order valence-corrected chi connectivity index (χ2v) is 5.29. The summed E-state index contributed by atoms with van der Waals surface area (Å²) >= 11 is 0. The largest absolute Gasteiger partial charge is 0.355 e. The van der Waals surface area contributed by atoms with Crippen LogP contribution in [0.5, 0.6) is 0 Å². The quantitative estimate of drug-likeness (QED) is 0.694. The summed E-state index contributed by atoms with van der Waals surface area (Å²) in [6.07, 6.45) is 2.23. The zero-order valence-corrected chi connectivity index (χ0v) is 9.30. The third-order valence-electron chi connectivity index (χ3n) is 3.47. The van der Waals surface area contributed by atoms with Crippen LogP contribution in [0.1, 0.15) is 33.1 Å². The Morgan fingerprint density at radius 3 is 2.67 bits per heavy atom. The predicted molar refractivity (Wildman–Crippen MR) is 56.1 cm³/mol. The van der Waals surface area contributed by atoms with Crippen molar-refractivity contribution in [3.63, 3.8) is 0 Å². The first-order valence-corrected chi connectivity index (χ1v) is 5.56. The Hall–Kier alpha value is -1.06. The molecule has 2 fully saturated rings. The van der Waals surface area contributed by atoms with E-state index in [4.69, 9.17) is 0 Å². The maximum atomic E-state index is 11.8. The van der Waals surface area contributed by atoms with E-state index in [2.05, 4.69) is 24.5 Å². The van der Waals surface area contributed by atoms with Crippen LogP contribution in [0.2, 0.25) is 0 Å². The summed E-state index contributed by atoms with van der Waals surface area (Å²) in [5.74, 6) is 0.135. The van der Waals surface area contributed by atoms with Crippen molar-refractivity contribution in [3.05, 3.63) is 0 Å². The predicted octanol–water partition coefficient (Wildman–Crippen LogP) is 0.427. The highest BCUT2D eigenvalue weighted by Crippen LogP contribution is 2.44. The number of hydrogen-bond acceptors (Lipinski definition) is 2. The third-order valence-corrected chi connectivity index (χ3v) is 3.47. The molecule has 1 aliphatic heterocycles. The van der Waals surface area contributed by atoms with Crippen LogP contribution >= 0.6 is 0 Å². The summed E-state index contributed by atoms with van der Waals surface area (Å²) in [4.78, 5) is 22.7. The third kappa shape index (κ3) is 2.30. The minimum atomic E-state index is -0.0286. The molecule has 4 nitrogen and oxygen atoms in total. The molecule has 2 unspecified atom stereocenters. The van der Waals surface area contributed by atoms with E-state index in [0.29, 0.717) is 25.4 Å². The monoisotopic (exact) mass is 210 g/mol. The van der Waals surface area contributed by atoms with Gasteiger partial charge in [0.25, 0.3) is 0 Å². The summed E-state index contributed by atoms with van der Waals surface area (Å²) in [5.41, 5.74) is 0.271. The normalized spacial score (nSPS) is 33.1. The first-order chi connectivity index (χ1) is 6.99. The van der Waals surface area contributed by atoms with Gasteiger partial charge >= 0.3 is 0 Å². The average molecular weight is 210 g/mol. The van der Waals surface area contributed by atoms with Gasteiger partial charge in [0.1, 0.15) is 0 Å². The lowest BCUT2D eigenvalue weighted by Crippen LogP contribution is -2.44. The highest BCUT2D eigenvalue weighted by Gasteiger charge is 2.47. The van der Waals surface area contributed by atoms with E-state index in [1.54, 1.807) is 0 Å². The minimum absolute atomic E-state index is 0.0286. The summed E-state index contributed by atoms with van der Waals surface area (Å²) in [7, 11) is 0. The molecule has 1 saturated heterocycles. The maximum Gasteiger partial charge on any atom is 0.225 e. The van der Waals surface area contributed by atoms with Crippen molar-refractivity contribution < 1.29 is 9.59 Å². The number of piperidine rings is 1. The van der Waals surface area contributed by atoms with Crippen molar-refractivity contribution in [3.8, 4) is 0 Å². The molecule has 1 aliphatic carbocycles. The van der Waals surface area contributed by atoms with Crippen molar-refractivity contribution in [1.29, 1.82) is 0 Å². The summed E-state index contributed by atoms with van der Waals surface area (Å²) in [5, 5.41) is 5.77. The molecule has 2 atom stereocenters. The fourth-order valence-corrected chi connectivity index (χ4v) is 1.96. The second kappa shape index (κ2) is 3.51. The molecular weight excluding hydrogens is 192 g/mol. The van der Waals surface area contributed by atoms with Crippen LogP contribution in [0, 0.1) is 11.3 Å². The van der Waals surface area contributed by atoms with Gasteiger partial charge in [-0.25, -0.2) is 0 Å². The summed E-state index contributed by atoms with van der Waals surface area (Å²) < 4.78 is 0. The highest BCUT2D eigenvalue weighted by molar-refractivity contribution is 5.84. The smallest absolute Gasteiger partial charge is 0.225 e. The molecule has 0 aromatic rings. The Morgan fingerprint density at radius 2 is 2.20 bits per heavy atom. The van der Waals surface area contributed by atoms with Gasteiger partial charge in [-0.2, -0.15) is 0 Å². The van der Waals surface area contributed by atoms with Crippen molar-refractivity contribution in [2.45, 2.75) is 39.2 Å². The lowest BCUT2D eigenvalue weighted by Gasteiger charge is -2.21. The standard InChI is InChI=1S/C11H18N2O2/c1-11(2)5-8(11)13-10(15)7-3-4-9(14)12-6-7/h7-8H,3-6H2,1-2H3,(H,12,14)(H,13,15). The van der Waals surface area contributed by atoms with Crippen LogP contribution in [-0.2, 0) is 9.59 Å². The Kier molecular flexibility index (Phi) is 2.44. The average Bonchev–Trinajstić information content (AvgIpc) is 2.74. The van der Waals surface area contributed by atoms with Crippen molar-refractivity contribution >= 4 is 11.8 Å². The first-order valence-electron chi connectivity index (χ1n) is 5.56. The van der Waals surface area contributed by atoms with Gasteiger partial charge in [-0.15, -0.1) is 0 Å². The molecule has 2 amide bonds. The number of amides is 2. The van der Waals surface area contributed by atoms with Crippen LogP contribution in [-0.4, -0.2) is 24.4 Å². The molecule has 0 spiro atoms. The lowest BCUT2D eigenvalue weighted by atomic mass is 9.98. The lowest BCUT2D eigenvalue weighted by molar-refractivity contribution is -0.129. The number of hydrogen-bond donors (Lipinski definition) is 2. The molecular formula is C11H18N2O2. The van der Waals surface area contributed by atoms with Crippen molar-refractivity contribution in [2.24, 2.45) is 11.3 Å². The zero-order chi connectivity index (χ0) is 11.1. The van der Waals surface area contributed by atoms with Gasteiger partial charge in [0.05, 0.1) is 5.92 Å². The molecule has 4 heteroatoms. The van der Waals surface area contributed by atoms with Gasteiger partial charge in [-0.05, 0) is 18.3 Å². The number of carbonyl (C=O) groups is 2. The molecule has 1 heterocycles. The molecule has 2 N–H and O–H groups in total. The molecule has 0 aromatic heterocycles. The van der Waals surface area contributed by atoms with Crippen LogP contribution < -0.4 is 10.6 Å². The van der Waals surface area contributed by atoms with Gasteiger partial charge in [0.2, 0.25) is 11.8 Å². The van der Waals surface area contributed by atoms with E-state index in [1.807, 2.05) is 0 Å². The number of nitrogens with one attached hydrogen (secondary N) is 2. The highest BCUT2D eigenvalue weighted by atomic mass is 16.2. The fourth-order valence-electron chi connectivity index (χ4n) is 1.96. The summed E-state index contributed by atoms with van der Waals surface area (Å²) in [6, 6.07) is 0.336. The van der Waals surface area contributed by atoms with E-state index < -0.39 is 0 Å². The Bertz CT molecular complexity index is 289. The van der Waals surface area contributed by atoms with Gasteiger partial charge in [-0.1, -0.05) is 13.8 Å². The SMILES string of the molecule is CC1(C)CC1NC(=O)C1CCC(=O)NC1. The minimum Gasteiger partial charge on any atom is -0.355 e. The molecule has 0 aromatic carbocycles. The number of carbonyl (C=O) groups excluding carboxylic acids is 2. The fraction of sp³-hybridized carbons (Fsp3) is 0.818. The topological polar surface area (TPSA) is 58.2 Å². The molecule has 2 rings (SSSR count).